The highest BCUT2D eigenvalue weighted by molar-refractivity contribution is 14.0. The van der Waals surface area contributed by atoms with Crippen LogP contribution in [-0.4, -0.2) is 18.4 Å². The van der Waals surface area contributed by atoms with Crippen LogP contribution in [0.1, 0.15) is 39.7 Å². The summed E-state index contributed by atoms with van der Waals surface area (Å²) in [5.74, 6) is 0.810. The average molecular weight is 538 g/mol. The van der Waals surface area contributed by atoms with Crippen LogP contribution in [0.15, 0.2) is 64.2 Å². The average Bonchev–Trinajstić information content (AvgIpc) is 3.43. The first-order valence-electron chi connectivity index (χ1n) is 9.71. The monoisotopic (exact) mass is 538 g/mol. The molecular weight excluding hydrogens is 511 g/mol. The van der Waals surface area contributed by atoms with Crippen LogP contribution in [0, 0.1) is 0 Å². The molecule has 0 radical (unpaired) electrons. The summed E-state index contributed by atoms with van der Waals surface area (Å²) in [5.41, 5.74) is 1.77. The Morgan fingerprint density at radius 1 is 1.03 bits per heavy atom. The van der Waals surface area contributed by atoms with Gasteiger partial charge in [-0.05, 0) is 55.3 Å². The number of carbonyl (C=O) groups is 1. The molecule has 30 heavy (non-hydrogen) atoms. The van der Waals surface area contributed by atoms with Crippen LogP contribution in [0.5, 0.6) is 0 Å². The molecule has 1 aromatic carbocycles. The molecule has 0 saturated heterocycles. The highest BCUT2D eigenvalue weighted by atomic mass is 127. The predicted molar refractivity (Wildman–Crippen MR) is 134 cm³/mol. The van der Waals surface area contributed by atoms with E-state index in [0.717, 1.165) is 31.0 Å². The van der Waals surface area contributed by atoms with Crippen molar-refractivity contribution in [2.45, 2.75) is 33.4 Å². The minimum Gasteiger partial charge on any atom is -0.459 e. The molecule has 3 N–H and O–H groups in total. The van der Waals surface area contributed by atoms with Gasteiger partial charge in [-0.3, -0.25) is 4.79 Å². The second-order valence-electron chi connectivity index (χ2n) is 6.40. The molecule has 0 aliphatic carbocycles. The smallest absolute Gasteiger partial charge is 0.291 e. The zero-order valence-electron chi connectivity index (χ0n) is 17.1. The van der Waals surface area contributed by atoms with E-state index in [-0.39, 0.29) is 35.6 Å². The summed E-state index contributed by atoms with van der Waals surface area (Å²) in [6, 6.07) is 15.3. The minimum absolute atomic E-state index is 0. The molecular formula is C22H27IN4O2S. The van der Waals surface area contributed by atoms with Gasteiger partial charge in [-0.1, -0.05) is 19.1 Å². The molecule has 8 heteroatoms. The molecule has 0 atom stereocenters. The van der Waals surface area contributed by atoms with Crippen molar-refractivity contribution in [3.63, 3.8) is 0 Å². The minimum atomic E-state index is -0.265. The van der Waals surface area contributed by atoms with Crippen molar-refractivity contribution in [3.05, 3.63) is 75.9 Å². The number of halogens is 1. The molecule has 2 aromatic heterocycles. The van der Waals surface area contributed by atoms with Crippen molar-refractivity contribution in [1.82, 2.24) is 10.6 Å². The third kappa shape index (κ3) is 7.17. The predicted octanol–water partition coefficient (Wildman–Crippen LogP) is 5.03. The SMILES string of the molecule is CCNC(=NCc1ccc(NC(=O)c2ccco2)cc1)NCc1ccc(CC)s1.I. The van der Waals surface area contributed by atoms with Gasteiger partial charge in [0.25, 0.3) is 5.91 Å². The van der Waals surface area contributed by atoms with Crippen molar-refractivity contribution < 1.29 is 9.21 Å². The van der Waals surface area contributed by atoms with Gasteiger partial charge < -0.3 is 20.4 Å². The van der Waals surface area contributed by atoms with E-state index < -0.39 is 0 Å². The number of carbonyl (C=O) groups excluding carboxylic acids is 1. The maximum absolute atomic E-state index is 12.0. The summed E-state index contributed by atoms with van der Waals surface area (Å²) >= 11 is 1.83. The van der Waals surface area contributed by atoms with Gasteiger partial charge in [0.1, 0.15) is 0 Å². The first kappa shape index (κ1) is 23.9. The molecule has 2 heterocycles. The van der Waals surface area contributed by atoms with Gasteiger partial charge in [0, 0.05) is 22.0 Å². The van der Waals surface area contributed by atoms with Crippen molar-refractivity contribution in [2.24, 2.45) is 4.99 Å². The molecule has 0 spiro atoms. The van der Waals surface area contributed by atoms with E-state index in [4.69, 9.17) is 4.42 Å². The summed E-state index contributed by atoms with van der Waals surface area (Å²) in [6.07, 6.45) is 2.55. The number of benzene rings is 1. The highest BCUT2D eigenvalue weighted by Crippen LogP contribution is 2.16. The highest BCUT2D eigenvalue weighted by Gasteiger charge is 2.08. The van der Waals surface area contributed by atoms with Crippen molar-refractivity contribution in [1.29, 1.82) is 0 Å². The van der Waals surface area contributed by atoms with Crippen LogP contribution >= 0.6 is 35.3 Å². The zero-order chi connectivity index (χ0) is 20.5. The number of hydrogen-bond donors (Lipinski definition) is 3. The number of guanidine groups is 1. The van der Waals surface area contributed by atoms with Crippen LogP contribution in [0.25, 0.3) is 0 Å². The van der Waals surface area contributed by atoms with E-state index in [1.54, 1.807) is 12.1 Å². The molecule has 0 aliphatic heterocycles. The molecule has 3 rings (SSSR count). The summed E-state index contributed by atoms with van der Waals surface area (Å²) in [7, 11) is 0. The molecule has 160 valence electrons. The van der Waals surface area contributed by atoms with Crippen LogP contribution in [-0.2, 0) is 19.5 Å². The fraction of sp³-hybridized carbons (Fsp3) is 0.273. The Bertz CT molecular complexity index is 936. The third-order valence-corrected chi connectivity index (χ3v) is 5.45. The summed E-state index contributed by atoms with van der Waals surface area (Å²) in [5, 5.41) is 9.46. The Balaban J connectivity index is 0.00000320. The topological polar surface area (TPSA) is 78.7 Å². The number of furan rings is 1. The van der Waals surface area contributed by atoms with E-state index in [9.17, 15) is 4.79 Å². The number of aliphatic imine (C=N–C) groups is 1. The molecule has 1 amide bonds. The molecule has 0 bridgehead atoms. The normalized spacial score (nSPS) is 10.9. The van der Waals surface area contributed by atoms with Crippen LogP contribution in [0.4, 0.5) is 5.69 Å². The van der Waals surface area contributed by atoms with Gasteiger partial charge in [0.05, 0.1) is 19.4 Å². The molecule has 0 aliphatic rings. The number of nitrogens with zero attached hydrogens (tertiary/aromatic N) is 1. The number of amides is 1. The summed E-state index contributed by atoms with van der Waals surface area (Å²) in [4.78, 5) is 19.4. The molecule has 0 saturated carbocycles. The third-order valence-electron chi connectivity index (χ3n) is 4.22. The first-order chi connectivity index (χ1) is 14.2. The Kier molecular flexibility index (Phi) is 9.88. The van der Waals surface area contributed by atoms with E-state index >= 15 is 0 Å². The fourth-order valence-corrected chi connectivity index (χ4v) is 3.58. The van der Waals surface area contributed by atoms with Crippen molar-refractivity contribution >= 4 is 52.9 Å². The zero-order valence-corrected chi connectivity index (χ0v) is 20.3. The van der Waals surface area contributed by atoms with Crippen molar-refractivity contribution in [2.75, 3.05) is 11.9 Å². The van der Waals surface area contributed by atoms with E-state index in [0.29, 0.717) is 12.2 Å². The Morgan fingerprint density at radius 2 is 1.80 bits per heavy atom. The number of thiophene rings is 1. The van der Waals surface area contributed by atoms with Crippen LogP contribution in [0.3, 0.4) is 0 Å². The Morgan fingerprint density at radius 3 is 2.43 bits per heavy atom. The van der Waals surface area contributed by atoms with E-state index in [1.807, 2.05) is 42.5 Å². The molecule has 3 aromatic rings. The van der Waals surface area contributed by atoms with Gasteiger partial charge in [0.2, 0.25) is 0 Å². The van der Waals surface area contributed by atoms with Crippen molar-refractivity contribution in [3.8, 4) is 0 Å². The second-order valence-corrected chi connectivity index (χ2v) is 7.65. The first-order valence-corrected chi connectivity index (χ1v) is 10.5. The lowest BCUT2D eigenvalue weighted by molar-refractivity contribution is 0.0996. The van der Waals surface area contributed by atoms with Gasteiger partial charge >= 0.3 is 0 Å². The lowest BCUT2D eigenvalue weighted by atomic mass is 10.2. The lowest BCUT2D eigenvalue weighted by Crippen LogP contribution is -2.36. The summed E-state index contributed by atoms with van der Waals surface area (Å²) < 4.78 is 5.10. The molecule has 6 nitrogen and oxygen atoms in total. The number of nitrogens with one attached hydrogen (secondary N) is 3. The number of aryl methyl sites for hydroxylation is 1. The van der Waals surface area contributed by atoms with Gasteiger partial charge in [-0.2, -0.15) is 0 Å². The van der Waals surface area contributed by atoms with E-state index in [1.165, 1.54) is 16.0 Å². The Labute approximate surface area is 198 Å². The molecule has 0 unspecified atom stereocenters. The number of anilines is 1. The van der Waals surface area contributed by atoms with Gasteiger partial charge in [0.15, 0.2) is 11.7 Å². The molecule has 0 fully saturated rings. The van der Waals surface area contributed by atoms with Gasteiger partial charge in [-0.25, -0.2) is 4.99 Å². The number of hydrogen-bond acceptors (Lipinski definition) is 4. The fourth-order valence-electron chi connectivity index (χ4n) is 2.68. The lowest BCUT2D eigenvalue weighted by Gasteiger charge is -2.10. The Hall–Kier alpha value is -2.33. The second kappa shape index (κ2) is 12.4. The van der Waals surface area contributed by atoms with Gasteiger partial charge in [-0.15, -0.1) is 35.3 Å². The maximum atomic E-state index is 12.0. The maximum Gasteiger partial charge on any atom is 0.291 e. The van der Waals surface area contributed by atoms with Crippen LogP contribution in [0.2, 0.25) is 0 Å². The summed E-state index contributed by atoms with van der Waals surface area (Å²) in [6.45, 7) is 6.32. The standard InChI is InChI=1S/C22H26N4O2S.HI/c1-3-18-11-12-19(29-18)15-25-22(23-4-2)24-14-16-7-9-17(10-8-16)26-21(27)20-6-5-13-28-20;/h5-13H,3-4,14-15H2,1-2H3,(H,26,27)(H2,23,24,25);1H. The largest absolute Gasteiger partial charge is 0.459 e. The van der Waals surface area contributed by atoms with E-state index in [2.05, 4.69) is 40.0 Å². The quantitative estimate of drug-likeness (QED) is 0.214. The van der Waals surface area contributed by atoms with Crippen LogP contribution < -0.4 is 16.0 Å². The number of rotatable bonds is 8.